The van der Waals surface area contributed by atoms with Gasteiger partial charge in [0.25, 0.3) is 0 Å². The van der Waals surface area contributed by atoms with E-state index in [4.69, 9.17) is 11.6 Å². The molecule has 0 saturated heterocycles. The van der Waals surface area contributed by atoms with E-state index in [9.17, 15) is 9.59 Å². The van der Waals surface area contributed by atoms with Gasteiger partial charge in [0, 0.05) is 22.9 Å². The second-order valence-corrected chi connectivity index (χ2v) is 9.90. The molecule has 0 aliphatic carbocycles. The molecular formula is C24H31ClN2O2S. The maximum atomic E-state index is 13.1. The van der Waals surface area contributed by atoms with Crippen LogP contribution in [0.2, 0.25) is 5.02 Å². The van der Waals surface area contributed by atoms with Gasteiger partial charge in [0.05, 0.1) is 5.75 Å². The zero-order valence-electron chi connectivity index (χ0n) is 18.4. The number of carbonyl (C=O) groups excluding carboxylic acids is 2. The predicted molar refractivity (Wildman–Crippen MR) is 127 cm³/mol. The summed E-state index contributed by atoms with van der Waals surface area (Å²) in [6.07, 6.45) is 0. The topological polar surface area (TPSA) is 49.4 Å². The van der Waals surface area contributed by atoms with Crippen LogP contribution in [0.5, 0.6) is 0 Å². The van der Waals surface area contributed by atoms with E-state index < -0.39 is 6.04 Å². The van der Waals surface area contributed by atoms with Crippen LogP contribution in [0.1, 0.15) is 44.4 Å². The summed E-state index contributed by atoms with van der Waals surface area (Å²) in [5.74, 6) is 0.789. The number of nitrogens with one attached hydrogen (secondary N) is 1. The molecule has 0 bridgehead atoms. The van der Waals surface area contributed by atoms with Crippen LogP contribution in [0, 0.1) is 6.92 Å². The van der Waals surface area contributed by atoms with Gasteiger partial charge in [0.15, 0.2) is 0 Å². The van der Waals surface area contributed by atoms with E-state index >= 15 is 0 Å². The fraction of sp³-hybridized carbons (Fsp3) is 0.417. The quantitative estimate of drug-likeness (QED) is 0.605. The van der Waals surface area contributed by atoms with Crippen molar-refractivity contribution in [2.75, 3.05) is 5.75 Å². The lowest BCUT2D eigenvalue weighted by Crippen LogP contribution is -2.52. The first kappa shape index (κ1) is 24.3. The van der Waals surface area contributed by atoms with Gasteiger partial charge in [0.2, 0.25) is 11.8 Å². The molecule has 2 amide bonds. The van der Waals surface area contributed by atoms with Crippen LogP contribution < -0.4 is 5.32 Å². The summed E-state index contributed by atoms with van der Waals surface area (Å²) >= 11 is 7.87. The third kappa shape index (κ3) is 7.69. The van der Waals surface area contributed by atoms with Crippen molar-refractivity contribution in [2.45, 2.75) is 58.5 Å². The van der Waals surface area contributed by atoms with Crippen LogP contribution in [0.3, 0.4) is 0 Å². The van der Waals surface area contributed by atoms with Gasteiger partial charge in [-0.15, -0.1) is 11.8 Å². The van der Waals surface area contributed by atoms with Crippen molar-refractivity contribution in [1.82, 2.24) is 10.2 Å². The van der Waals surface area contributed by atoms with Crippen LogP contribution in [-0.4, -0.2) is 34.0 Å². The molecule has 2 aromatic carbocycles. The lowest BCUT2D eigenvalue weighted by molar-refractivity contribution is -0.139. The summed E-state index contributed by atoms with van der Waals surface area (Å²) in [5.41, 5.74) is 2.84. The standard InChI is InChI=1S/C24H31ClN2O2S/c1-17-9-8-10-19(13-17)15-30-16-22(28)27(14-20-11-6-7-12-21(20)25)18(2)23(29)26-24(3,4)5/h6-13,18H,14-16H2,1-5H3,(H,26,29)/t18-/m0/s1. The summed E-state index contributed by atoms with van der Waals surface area (Å²) in [6.45, 7) is 9.89. The summed E-state index contributed by atoms with van der Waals surface area (Å²) < 4.78 is 0. The Labute approximate surface area is 189 Å². The smallest absolute Gasteiger partial charge is 0.242 e. The third-order valence-electron chi connectivity index (χ3n) is 4.54. The van der Waals surface area contributed by atoms with E-state index in [2.05, 4.69) is 30.4 Å². The number of carbonyl (C=O) groups is 2. The largest absolute Gasteiger partial charge is 0.350 e. The lowest BCUT2D eigenvalue weighted by Gasteiger charge is -2.31. The Bertz CT molecular complexity index is 880. The van der Waals surface area contributed by atoms with Crippen molar-refractivity contribution in [2.24, 2.45) is 0 Å². The second kappa shape index (κ2) is 10.9. The minimum atomic E-state index is -0.604. The molecule has 1 N–H and O–H groups in total. The Balaban J connectivity index is 2.11. The Morgan fingerprint density at radius 1 is 1.13 bits per heavy atom. The van der Waals surface area contributed by atoms with Gasteiger partial charge < -0.3 is 10.2 Å². The van der Waals surface area contributed by atoms with Gasteiger partial charge in [0.1, 0.15) is 6.04 Å². The van der Waals surface area contributed by atoms with Crippen LogP contribution in [0.4, 0.5) is 0 Å². The van der Waals surface area contributed by atoms with E-state index in [-0.39, 0.29) is 17.4 Å². The van der Waals surface area contributed by atoms with E-state index in [1.165, 1.54) is 11.1 Å². The van der Waals surface area contributed by atoms with E-state index in [0.29, 0.717) is 17.3 Å². The molecule has 30 heavy (non-hydrogen) atoms. The van der Waals surface area contributed by atoms with Crippen LogP contribution in [0.25, 0.3) is 0 Å². The van der Waals surface area contributed by atoms with Crippen LogP contribution in [-0.2, 0) is 21.9 Å². The molecule has 0 spiro atoms. The number of hydrogen-bond acceptors (Lipinski definition) is 3. The highest BCUT2D eigenvalue weighted by Crippen LogP contribution is 2.21. The molecule has 4 nitrogen and oxygen atoms in total. The van der Waals surface area contributed by atoms with Crippen molar-refractivity contribution in [3.05, 3.63) is 70.2 Å². The lowest BCUT2D eigenvalue weighted by atomic mass is 10.1. The highest BCUT2D eigenvalue weighted by Gasteiger charge is 2.28. The number of amides is 2. The highest BCUT2D eigenvalue weighted by molar-refractivity contribution is 7.99. The zero-order chi connectivity index (χ0) is 22.3. The maximum Gasteiger partial charge on any atom is 0.242 e. The molecule has 0 heterocycles. The Morgan fingerprint density at radius 3 is 2.47 bits per heavy atom. The molecule has 0 radical (unpaired) electrons. The number of thioether (sulfide) groups is 1. The molecule has 2 rings (SSSR count). The molecule has 0 unspecified atom stereocenters. The molecule has 0 fully saturated rings. The van der Waals surface area contributed by atoms with E-state index in [1.807, 2.05) is 45.0 Å². The Morgan fingerprint density at radius 2 is 1.83 bits per heavy atom. The minimum Gasteiger partial charge on any atom is -0.350 e. The Hall–Kier alpha value is -1.98. The van der Waals surface area contributed by atoms with Gasteiger partial charge in [-0.2, -0.15) is 0 Å². The Kier molecular flexibility index (Phi) is 8.80. The molecule has 6 heteroatoms. The van der Waals surface area contributed by atoms with Gasteiger partial charge in [-0.05, 0) is 51.8 Å². The monoisotopic (exact) mass is 446 g/mol. The molecule has 1 atom stereocenters. The number of benzene rings is 2. The molecule has 0 aliphatic rings. The van der Waals surface area contributed by atoms with Crippen LogP contribution in [0.15, 0.2) is 48.5 Å². The number of halogens is 1. The van der Waals surface area contributed by atoms with Crippen molar-refractivity contribution in [1.29, 1.82) is 0 Å². The van der Waals surface area contributed by atoms with E-state index in [0.717, 1.165) is 11.3 Å². The van der Waals surface area contributed by atoms with Crippen molar-refractivity contribution in [3.63, 3.8) is 0 Å². The summed E-state index contributed by atoms with van der Waals surface area (Å²) in [7, 11) is 0. The fourth-order valence-corrected chi connectivity index (χ4v) is 4.06. The molecule has 0 saturated carbocycles. The summed E-state index contributed by atoms with van der Waals surface area (Å²) in [6, 6.07) is 15.1. The maximum absolute atomic E-state index is 13.1. The number of hydrogen-bond donors (Lipinski definition) is 1. The second-order valence-electron chi connectivity index (χ2n) is 8.51. The van der Waals surface area contributed by atoms with E-state index in [1.54, 1.807) is 29.7 Å². The highest BCUT2D eigenvalue weighted by atomic mass is 35.5. The van der Waals surface area contributed by atoms with Crippen molar-refractivity contribution in [3.8, 4) is 0 Å². The van der Waals surface area contributed by atoms with Gasteiger partial charge in [-0.1, -0.05) is 59.6 Å². The first-order chi connectivity index (χ1) is 14.1. The average Bonchev–Trinajstić information content (AvgIpc) is 2.65. The predicted octanol–water partition coefficient (Wildman–Crippen LogP) is 5.21. The normalized spacial score (nSPS) is 12.3. The third-order valence-corrected chi connectivity index (χ3v) is 5.90. The van der Waals surface area contributed by atoms with Gasteiger partial charge in [-0.25, -0.2) is 0 Å². The first-order valence-electron chi connectivity index (χ1n) is 10.0. The number of rotatable bonds is 8. The molecule has 162 valence electrons. The van der Waals surface area contributed by atoms with Gasteiger partial charge in [-0.3, -0.25) is 9.59 Å². The number of aryl methyl sites for hydroxylation is 1. The van der Waals surface area contributed by atoms with Crippen molar-refractivity contribution >= 4 is 35.2 Å². The summed E-state index contributed by atoms with van der Waals surface area (Å²) in [5, 5.41) is 3.56. The zero-order valence-corrected chi connectivity index (χ0v) is 19.9. The molecule has 2 aromatic rings. The molecular weight excluding hydrogens is 416 g/mol. The summed E-state index contributed by atoms with van der Waals surface area (Å²) in [4.78, 5) is 27.5. The molecule has 0 aromatic heterocycles. The average molecular weight is 447 g/mol. The van der Waals surface area contributed by atoms with Crippen molar-refractivity contribution < 1.29 is 9.59 Å². The fourth-order valence-electron chi connectivity index (χ4n) is 3.01. The van der Waals surface area contributed by atoms with Gasteiger partial charge >= 0.3 is 0 Å². The number of nitrogens with zero attached hydrogens (tertiary/aromatic N) is 1. The first-order valence-corrected chi connectivity index (χ1v) is 11.6. The SMILES string of the molecule is Cc1cccc(CSCC(=O)N(Cc2ccccc2Cl)[C@@H](C)C(=O)NC(C)(C)C)c1. The molecule has 0 aliphatic heterocycles. The minimum absolute atomic E-state index is 0.0795. The van der Waals surface area contributed by atoms with Crippen LogP contribution >= 0.6 is 23.4 Å².